The largest absolute Gasteiger partial charge is 0.326 e. The first-order valence-corrected chi connectivity index (χ1v) is 8.15. The zero-order chi connectivity index (χ0) is 14.2. The Bertz CT molecular complexity index is 818. The minimum absolute atomic E-state index is 0.203. The number of rotatable bonds is 4. The predicted molar refractivity (Wildman–Crippen MR) is 79.1 cm³/mol. The molecule has 0 unspecified atom stereocenters. The molecule has 3 rings (SSSR count). The number of nitrogens with two attached hydrogens (primary N) is 1. The van der Waals surface area contributed by atoms with Crippen molar-refractivity contribution in [3.8, 4) is 0 Å². The molecule has 0 saturated carbocycles. The molecule has 0 bridgehead atoms. The van der Waals surface area contributed by atoms with Gasteiger partial charge in [-0.05, 0) is 24.3 Å². The molecule has 0 atom stereocenters. The molecular weight excluding hydrogens is 296 g/mol. The molecule has 6 nitrogen and oxygen atoms in total. The number of H-pyrrole nitrogens is 1. The van der Waals surface area contributed by atoms with Gasteiger partial charge in [0.2, 0.25) is 5.95 Å². The molecule has 0 saturated heterocycles. The topological polar surface area (TPSA) is 101 Å². The molecule has 2 heterocycles. The zero-order valence-electron chi connectivity index (χ0n) is 10.3. The fraction of sp³-hybridized carbons (Fsp3) is 0.0833. The van der Waals surface area contributed by atoms with E-state index < -0.39 is 10.0 Å². The highest BCUT2D eigenvalue weighted by molar-refractivity contribution is 7.94. The van der Waals surface area contributed by atoms with E-state index in [0.29, 0.717) is 12.1 Å². The molecule has 0 fully saturated rings. The average molecular weight is 308 g/mol. The van der Waals surface area contributed by atoms with Gasteiger partial charge in [-0.1, -0.05) is 12.1 Å². The number of nitrogens with zero attached hydrogens (tertiary/aromatic N) is 1. The molecule has 0 aliphatic rings. The minimum Gasteiger partial charge on any atom is -0.326 e. The lowest BCUT2D eigenvalue weighted by atomic mass is 10.3. The summed E-state index contributed by atoms with van der Waals surface area (Å²) < 4.78 is 27.1. The highest BCUT2D eigenvalue weighted by Crippen LogP contribution is 2.23. The average Bonchev–Trinajstić information content (AvgIpc) is 3.04. The summed E-state index contributed by atoms with van der Waals surface area (Å²) in [6, 6.07) is 10.6. The maximum atomic E-state index is 12.2. The van der Waals surface area contributed by atoms with E-state index in [1.807, 2.05) is 18.2 Å². The van der Waals surface area contributed by atoms with Gasteiger partial charge in [0.1, 0.15) is 4.21 Å². The number of fused-ring (bicyclic) bond motifs is 1. The Morgan fingerprint density at radius 3 is 2.75 bits per heavy atom. The van der Waals surface area contributed by atoms with Crippen LogP contribution >= 0.6 is 11.3 Å². The zero-order valence-corrected chi connectivity index (χ0v) is 12.0. The second kappa shape index (κ2) is 4.89. The minimum atomic E-state index is -3.63. The monoisotopic (exact) mass is 308 g/mol. The quantitative estimate of drug-likeness (QED) is 0.685. The van der Waals surface area contributed by atoms with Crippen LogP contribution in [0, 0.1) is 0 Å². The molecule has 104 valence electrons. The number of para-hydroxylation sites is 2. The van der Waals surface area contributed by atoms with E-state index in [2.05, 4.69) is 14.7 Å². The lowest BCUT2D eigenvalue weighted by Crippen LogP contribution is -2.12. The van der Waals surface area contributed by atoms with Gasteiger partial charge in [-0.15, -0.1) is 11.3 Å². The molecule has 0 amide bonds. The van der Waals surface area contributed by atoms with Gasteiger partial charge in [-0.25, -0.2) is 18.1 Å². The van der Waals surface area contributed by atoms with Gasteiger partial charge in [-0.3, -0.25) is 0 Å². The molecule has 0 spiro atoms. The summed E-state index contributed by atoms with van der Waals surface area (Å²) in [5, 5.41) is 0. The van der Waals surface area contributed by atoms with Crippen LogP contribution in [-0.4, -0.2) is 18.4 Å². The normalized spacial score (nSPS) is 11.8. The highest BCUT2D eigenvalue weighted by atomic mass is 32.2. The Kier molecular flexibility index (Phi) is 3.20. The van der Waals surface area contributed by atoms with Crippen molar-refractivity contribution in [2.24, 2.45) is 5.73 Å². The van der Waals surface area contributed by atoms with Crippen LogP contribution in [0.5, 0.6) is 0 Å². The van der Waals surface area contributed by atoms with Crippen molar-refractivity contribution in [1.82, 2.24) is 9.97 Å². The van der Waals surface area contributed by atoms with E-state index in [1.165, 1.54) is 6.07 Å². The number of hydrogen-bond acceptors (Lipinski definition) is 5. The van der Waals surface area contributed by atoms with Crippen molar-refractivity contribution in [2.75, 3.05) is 4.72 Å². The summed E-state index contributed by atoms with van der Waals surface area (Å²) in [5.41, 5.74) is 6.97. The van der Waals surface area contributed by atoms with Crippen molar-refractivity contribution in [1.29, 1.82) is 0 Å². The van der Waals surface area contributed by atoms with Crippen LogP contribution in [0.1, 0.15) is 4.88 Å². The molecule has 8 heteroatoms. The van der Waals surface area contributed by atoms with Crippen molar-refractivity contribution in [3.05, 3.63) is 41.3 Å². The number of benzene rings is 1. The van der Waals surface area contributed by atoms with Gasteiger partial charge in [0.25, 0.3) is 10.0 Å². The van der Waals surface area contributed by atoms with E-state index in [4.69, 9.17) is 5.73 Å². The van der Waals surface area contributed by atoms with Crippen molar-refractivity contribution in [2.45, 2.75) is 10.8 Å². The number of nitrogens with one attached hydrogen (secondary N) is 2. The van der Waals surface area contributed by atoms with Gasteiger partial charge in [0, 0.05) is 11.4 Å². The fourth-order valence-electron chi connectivity index (χ4n) is 1.79. The maximum absolute atomic E-state index is 12.2. The van der Waals surface area contributed by atoms with Crippen LogP contribution < -0.4 is 10.5 Å². The third-order valence-corrected chi connectivity index (χ3v) is 5.66. The highest BCUT2D eigenvalue weighted by Gasteiger charge is 2.18. The second-order valence-electron chi connectivity index (χ2n) is 4.13. The predicted octanol–water partition coefficient (Wildman–Crippen LogP) is 1.88. The molecular formula is C12H12N4O2S2. The molecule has 20 heavy (non-hydrogen) atoms. The van der Waals surface area contributed by atoms with Crippen LogP contribution in [0.4, 0.5) is 5.95 Å². The van der Waals surface area contributed by atoms with Crippen LogP contribution in [-0.2, 0) is 16.6 Å². The van der Waals surface area contributed by atoms with E-state index in [1.54, 1.807) is 12.1 Å². The summed E-state index contributed by atoms with van der Waals surface area (Å²) in [5.74, 6) is 0.203. The molecule has 4 N–H and O–H groups in total. The van der Waals surface area contributed by atoms with E-state index >= 15 is 0 Å². The Hall–Kier alpha value is -1.90. The molecule has 0 aliphatic carbocycles. The standard InChI is InChI=1S/C12H12N4O2S2/c13-7-8-5-6-11(19-8)20(17,18)16-12-14-9-3-1-2-4-10(9)15-12/h1-6H,7,13H2,(H2,14,15,16). The van der Waals surface area contributed by atoms with Crippen molar-refractivity contribution < 1.29 is 8.42 Å². The third kappa shape index (κ3) is 2.40. The summed E-state index contributed by atoms with van der Waals surface area (Å²) in [7, 11) is -3.63. The summed E-state index contributed by atoms with van der Waals surface area (Å²) in [6.45, 7) is 0.324. The Morgan fingerprint density at radius 2 is 2.05 bits per heavy atom. The van der Waals surface area contributed by atoms with Gasteiger partial charge in [-0.2, -0.15) is 0 Å². The number of aromatic nitrogens is 2. The van der Waals surface area contributed by atoms with Crippen molar-refractivity contribution >= 4 is 38.3 Å². The number of imidazole rings is 1. The Balaban J connectivity index is 1.92. The molecule has 1 aromatic carbocycles. The smallest absolute Gasteiger partial charge is 0.273 e. The number of thiophene rings is 1. The first kappa shape index (κ1) is 13.1. The van der Waals surface area contributed by atoms with E-state index in [-0.39, 0.29) is 10.2 Å². The maximum Gasteiger partial charge on any atom is 0.273 e. The SMILES string of the molecule is NCc1ccc(S(=O)(=O)Nc2nc3ccccc3[nH]2)s1. The fourth-order valence-corrected chi connectivity index (χ4v) is 3.99. The molecule has 0 aliphatic heterocycles. The molecule has 3 aromatic rings. The number of anilines is 1. The molecule has 0 radical (unpaired) electrons. The summed E-state index contributed by atoms with van der Waals surface area (Å²) >= 11 is 1.15. The summed E-state index contributed by atoms with van der Waals surface area (Å²) in [6.07, 6.45) is 0. The van der Waals surface area contributed by atoms with Gasteiger partial charge in [0.05, 0.1) is 11.0 Å². The van der Waals surface area contributed by atoms with Gasteiger partial charge >= 0.3 is 0 Å². The van der Waals surface area contributed by atoms with Crippen LogP contribution in [0.2, 0.25) is 0 Å². The van der Waals surface area contributed by atoms with Crippen LogP contribution in [0.3, 0.4) is 0 Å². The summed E-state index contributed by atoms with van der Waals surface area (Å²) in [4.78, 5) is 7.92. The van der Waals surface area contributed by atoms with Gasteiger partial charge < -0.3 is 10.7 Å². The number of hydrogen-bond donors (Lipinski definition) is 3. The number of aromatic amines is 1. The number of sulfonamides is 1. The first-order valence-electron chi connectivity index (χ1n) is 5.85. The van der Waals surface area contributed by atoms with Crippen LogP contribution in [0.15, 0.2) is 40.6 Å². The van der Waals surface area contributed by atoms with Gasteiger partial charge in [0.15, 0.2) is 0 Å². The lowest BCUT2D eigenvalue weighted by molar-refractivity contribution is 0.603. The van der Waals surface area contributed by atoms with E-state index in [0.717, 1.165) is 21.7 Å². The second-order valence-corrected chi connectivity index (χ2v) is 7.21. The van der Waals surface area contributed by atoms with Crippen LogP contribution in [0.25, 0.3) is 11.0 Å². The first-order chi connectivity index (χ1) is 9.58. The Labute approximate surface area is 119 Å². The third-order valence-electron chi connectivity index (χ3n) is 2.72. The van der Waals surface area contributed by atoms with Crippen molar-refractivity contribution in [3.63, 3.8) is 0 Å². The Morgan fingerprint density at radius 1 is 1.25 bits per heavy atom. The van der Waals surface area contributed by atoms with E-state index in [9.17, 15) is 8.42 Å². The lowest BCUT2D eigenvalue weighted by Gasteiger charge is -2.01. The molecule has 2 aromatic heterocycles.